The van der Waals surface area contributed by atoms with Crippen LogP contribution in [0.25, 0.3) is 0 Å². The van der Waals surface area contributed by atoms with Crippen LogP contribution in [0.4, 0.5) is 4.39 Å². The Bertz CT molecular complexity index is 1010. The van der Waals surface area contributed by atoms with Crippen LogP contribution in [-0.4, -0.2) is 61.8 Å². The molecule has 0 aliphatic carbocycles. The van der Waals surface area contributed by atoms with Gasteiger partial charge in [0.1, 0.15) is 5.82 Å². The third-order valence-electron chi connectivity index (χ3n) is 5.97. The van der Waals surface area contributed by atoms with Crippen LogP contribution in [0.5, 0.6) is 0 Å². The van der Waals surface area contributed by atoms with E-state index in [1.54, 1.807) is 17.0 Å². The molecule has 0 radical (unpaired) electrons. The van der Waals surface area contributed by atoms with E-state index in [1.165, 1.54) is 12.1 Å². The van der Waals surface area contributed by atoms with E-state index in [2.05, 4.69) is 0 Å². The Morgan fingerprint density at radius 2 is 1.83 bits per heavy atom. The summed E-state index contributed by atoms with van der Waals surface area (Å²) in [5.74, 6) is -0.407. The van der Waals surface area contributed by atoms with Gasteiger partial charge in [-0.1, -0.05) is 36.4 Å². The number of fused-ring (bicyclic) bond motifs is 1. The molecule has 5 nitrogen and oxygen atoms in total. The maximum atomic E-state index is 13.5. The summed E-state index contributed by atoms with van der Waals surface area (Å²) < 4.78 is 38.5. The van der Waals surface area contributed by atoms with Crippen molar-refractivity contribution in [3.05, 3.63) is 71.0 Å². The third kappa shape index (κ3) is 4.07. The molecular formula is C22H25FN2O3S. The van der Waals surface area contributed by atoms with Crippen molar-refractivity contribution in [2.75, 3.05) is 32.4 Å². The van der Waals surface area contributed by atoms with Crippen molar-refractivity contribution in [2.24, 2.45) is 0 Å². The zero-order valence-electron chi connectivity index (χ0n) is 16.4. The molecule has 1 saturated heterocycles. The van der Waals surface area contributed by atoms with E-state index in [9.17, 15) is 17.6 Å². The van der Waals surface area contributed by atoms with Crippen LogP contribution in [0.1, 0.15) is 29.2 Å². The van der Waals surface area contributed by atoms with Gasteiger partial charge in [0.2, 0.25) is 5.91 Å². The van der Waals surface area contributed by atoms with Gasteiger partial charge in [0.05, 0.1) is 17.0 Å². The highest BCUT2D eigenvalue weighted by atomic mass is 32.2. The zero-order valence-corrected chi connectivity index (χ0v) is 17.2. The van der Waals surface area contributed by atoms with Gasteiger partial charge in [-0.2, -0.15) is 0 Å². The normalized spacial score (nSPS) is 24.1. The topological polar surface area (TPSA) is 57.7 Å². The van der Waals surface area contributed by atoms with Gasteiger partial charge >= 0.3 is 0 Å². The fraction of sp³-hybridized carbons (Fsp3) is 0.409. The first kappa shape index (κ1) is 20.0. The highest BCUT2D eigenvalue weighted by Gasteiger charge is 2.37. The van der Waals surface area contributed by atoms with Crippen LogP contribution in [-0.2, 0) is 21.1 Å². The van der Waals surface area contributed by atoms with Crippen LogP contribution in [0.3, 0.4) is 0 Å². The van der Waals surface area contributed by atoms with Crippen molar-refractivity contribution in [1.82, 2.24) is 9.80 Å². The number of rotatable bonds is 3. The van der Waals surface area contributed by atoms with Crippen molar-refractivity contribution in [2.45, 2.75) is 24.1 Å². The largest absolute Gasteiger partial charge is 0.331 e. The molecule has 0 unspecified atom stereocenters. The first-order valence-corrected chi connectivity index (χ1v) is 11.6. The summed E-state index contributed by atoms with van der Waals surface area (Å²) in [5, 5.41) is -0.681. The summed E-state index contributed by atoms with van der Waals surface area (Å²) in [4.78, 5) is 17.0. The lowest BCUT2D eigenvalue weighted by atomic mass is 9.88. The highest BCUT2D eigenvalue weighted by molar-refractivity contribution is 7.92. The number of carbonyl (C=O) groups excluding carboxylic acids is 1. The Balaban J connectivity index is 1.66. The maximum Gasteiger partial charge on any atom is 0.224 e. The second-order valence-corrected chi connectivity index (χ2v) is 10.3. The summed E-state index contributed by atoms with van der Waals surface area (Å²) in [7, 11) is -1.40. The Morgan fingerprint density at radius 3 is 2.59 bits per heavy atom. The molecule has 2 heterocycles. The summed E-state index contributed by atoms with van der Waals surface area (Å²) in [5.41, 5.74) is 3.01. The van der Waals surface area contributed by atoms with Gasteiger partial charge in [0.25, 0.3) is 0 Å². The minimum atomic E-state index is -3.28. The quantitative estimate of drug-likeness (QED) is 0.771. The number of sulfone groups is 1. The standard InChI is InChI=1S/C22H25FN2O3S/c1-24-12-13-29(27,28)19(15-24)14-21(26)25-11-10-16-4-2-3-5-20(16)22(25)17-6-8-18(23)9-7-17/h2-9,19,22H,10-15H2,1H3/t19-,22-/m0/s1. The molecule has 154 valence electrons. The van der Waals surface area contributed by atoms with Crippen LogP contribution in [0.2, 0.25) is 0 Å². The Morgan fingerprint density at radius 1 is 1.10 bits per heavy atom. The fourth-order valence-corrected chi connectivity index (χ4v) is 6.12. The van der Waals surface area contributed by atoms with Gasteiger partial charge in [0, 0.05) is 26.1 Å². The summed E-state index contributed by atoms with van der Waals surface area (Å²) in [6, 6.07) is 13.8. The minimum Gasteiger partial charge on any atom is -0.331 e. The number of nitrogens with zero attached hydrogens (tertiary/aromatic N) is 2. The lowest BCUT2D eigenvalue weighted by Gasteiger charge is -2.39. The summed E-state index contributed by atoms with van der Waals surface area (Å²) >= 11 is 0. The smallest absolute Gasteiger partial charge is 0.224 e. The number of carbonyl (C=O) groups is 1. The highest BCUT2D eigenvalue weighted by Crippen LogP contribution is 2.36. The molecule has 7 heteroatoms. The van der Waals surface area contributed by atoms with Crippen LogP contribution >= 0.6 is 0 Å². The van der Waals surface area contributed by atoms with E-state index < -0.39 is 15.1 Å². The lowest BCUT2D eigenvalue weighted by molar-refractivity contribution is -0.133. The molecule has 2 aromatic rings. The number of amides is 1. The Kier molecular flexibility index (Phi) is 5.44. The first-order chi connectivity index (χ1) is 13.8. The first-order valence-electron chi connectivity index (χ1n) is 9.88. The van der Waals surface area contributed by atoms with E-state index in [0.717, 1.165) is 23.1 Å². The fourth-order valence-electron chi connectivity index (χ4n) is 4.35. The third-order valence-corrected chi connectivity index (χ3v) is 8.06. The molecule has 1 fully saturated rings. The van der Waals surface area contributed by atoms with Crippen molar-refractivity contribution >= 4 is 15.7 Å². The number of hydrogen-bond acceptors (Lipinski definition) is 4. The molecule has 0 bridgehead atoms. The molecule has 4 rings (SSSR count). The van der Waals surface area contributed by atoms with E-state index in [1.807, 2.05) is 36.2 Å². The molecule has 1 amide bonds. The minimum absolute atomic E-state index is 0.0213. The molecule has 2 aliphatic heterocycles. The summed E-state index contributed by atoms with van der Waals surface area (Å²) in [6.07, 6.45) is 0.698. The average molecular weight is 417 g/mol. The SMILES string of the molecule is CN1CCS(=O)(=O)[C@@H](CC(=O)N2CCc3ccccc3[C@@H]2c2ccc(F)cc2)C1. The van der Waals surface area contributed by atoms with Gasteiger partial charge in [-0.15, -0.1) is 0 Å². The number of halogens is 1. The van der Waals surface area contributed by atoms with Crippen molar-refractivity contribution in [1.29, 1.82) is 0 Å². The molecule has 29 heavy (non-hydrogen) atoms. The van der Waals surface area contributed by atoms with E-state index >= 15 is 0 Å². The molecule has 0 spiro atoms. The predicted octanol–water partition coefficient (Wildman–Crippen LogP) is 2.42. The van der Waals surface area contributed by atoms with Gasteiger partial charge in [0.15, 0.2) is 9.84 Å². The molecule has 0 aromatic heterocycles. The van der Waals surface area contributed by atoms with Crippen LogP contribution in [0.15, 0.2) is 48.5 Å². The predicted molar refractivity (Wildman–Crippen MR) is 110 cm³/mol. The lowest BCUT2D eigenvalue weighted by Crippen LogP contribution is -2.48. The molecular weight excluding hydrogens is 391 g/mol. The Labute approximate surface area is 171 Å². The van der Waals surface area contributed by atoms with Gasteiger partial charge < -0.3 is 9.80 Å². The van der Waals surface area contributed by atoms with Crippen molar-refractivity contribution in [3.63, 3.8) is 0 Å². The van der Waals surface area contributed by atoms with Gasteiger partial charge in [-0.3, -0.25) is 4.79 Å². The maximum absolute atomic E-state index is 13.5. The Hall–Kier alpha value is -2.25. The van der Waals surface area contributed by atoms with Gasteiger partial charge in [-0.05, 0) is 42.3 Å². The molecule has 0 N–H and O–H groups in total. The second-order valence-electron chi connectivity index (χ2n) is 7.95. The van der Waals surface area contributed by atoms with Crippen LogP contribution < -0.4 is 0 Å². The average Bonchev–Trinajstić information content (AvgIpc) is 2.71. The number of benzene rings is 2. The van der Waals surface area contributed by atoms with E-state index in [0.29, 0.717) is 19.6 Å². The monoisotopic (exact) mass is 416 g/mol. The van der Waals surface area contributed by atoms with Crippen molar-refractivity contribution < 1.29 is 17.6 Å². The molecule has 2 atom stereocenters. The van der Waals surface area contributed by atoms with Crippen molar-refractivity contribution in [3.8, 4) is 0 Å². The number of hydrogen-bond donors (Lipinski definition) is 0. The molecule has 2 aliphatic rings. The molecule has 0 saturated carbocycles. The van der Waals surface area contributed by atoms with Gasteiger partial charge in [-0.25, -0.2) is 12.8 Å². The zero-order chi connectivity index (χ0) is 20.6. The van der Waals surface area contributed by atoms with E-state index in [4.69, 9.17) is 0 Å². The summed E-state index contributed by atoms with van der Waals surface area (Å²) in [6.45, 7) is 1.39. The second kappa shape index (κ2) is 7.88. The van der Waals surface area contributed by atoms with E-state index in [-0.39, 0.29) is 29.9 Å². The molecule has 2 aromatic carbocycles. The van der Waals surface area contributed by atoms with Crippen LogP contribution in [0, 0.1) is 5.82 Å².